The van der Waals surface area contributed by atoms with Gasteiger partial charge in [0.15, 0.2) is 5.60 Å². The monoisotopic (exact) mass is 260 g/mol. The number of carbonyl (C=O) groups is 1. The lowest BCUT2D eigenvalue weighted by molar-refractivity contribution is -0.105. The molecule has 4 nitrogen and oxygen atoms in total. The normalized spacial score (nSPS) is 26.5. The molecule has 2 N–H and O–H groups in total. The van der Waals surface area contributed by atoms with Crippen molar-refractivity contribution < 1.29 is 19.7 Å². The molecule has 2 unspecified atom stereocenters. The summed E-state index contributed by atoms with van der Waals surface area (Å²) >= 11 is 0. The largest absolute Gasteiger partial charge is 0.509 e. The second-order valence-corrected chi connectivity index (χ2v) is 4.45. The van der Waals surface area contributed by atoms with Gasteiger partial charge in [-0.05, 0) is 17.7 Å². The number of aliphatic hydroxyl groups excluding tert-OH is 2. The van der Waals surface area contributed by atoms with Crippen molar-refractivity contribution >= 4 is 6.29 Å². The summed E-state index contributed by atoms with van der Waals surface area (Å²) in [5, 5.41) is 19.5. The SMILES string of the molecule is COC1(CO)C=C(C=O)C(c2ccccc2)C=C1O. The summed E-state index contributed by atoms with van der Waals surface area (Å²) in [5.74, 6) is -0.412. The van der Waals surface area contributed by atoms with Gasteiger partial charge in [-0.1, -0.05) is 30.3 Å². The summed E-state index contributed by atoms with van der Waals surface area (Å²) in [7, 11) is 1.38. The molecule has 0 aliphatic heterocycles. The molecular weight excluding hydrogens is 244 g/mol. The lowest BCUT2D eigenvalue weighted by Crippen LogP contribution is -2.39. The molecule has 0 bridgehead atoms. The average Bonchev–Trinajstić information content (AvgIpc) is 2.48. The van der Waals surface area contributed by atoms with E-state index in [4.69, 9.17) is 4.74 Å². The Hall–Kier alpha value is -1.91. The number of benzene rings is 1. The number of ether oxygens (including phenoxy) is 1. The number of rotatable bonds is 4. The molecule has 1 aliphatic rings. The molecule has 0 spiro atoms. The van der Waals surface area contributed by atoms with E-state index in [-0.39, 0.29) is 11.7 Å². The molecule has 2 atom stereocenters. The highest BCUT2D eigenvalue weighted by atomic mass is 16.5. The lowest BCUT2D eigenvalue weighted by atomic mass is 9.81. The molecule has 4 heteroatoms. The molecule has 0 aromatic heterocycles. The molecule has 1 aliphatic carbocycles. The van der Waals surface area contributed by atoms with Crippen molar-refractivity contribution in [3.05, 3.63) is 59.4 Å². The van der Waals surface area contributed by atoms with Gasteiger partial charge in [-0.15, -0.1) is 0 Å². The maximum atomic E-state index is 11.3. The zero-order valence-electron chi connectivity index (χ0n) is 10.6. The Bertz CT molecular complexity index is 512. The van der Waals surface area contributed by atoms with E-state index >= 15 is 0 Å². The molecule has 0 amide bonds. The molecule has 19 heavy (non-hydrogen) atoms. The fraction of sp³-hybridized carbons (Fsp3) is 0.267. The third-order valence-corrected chi connectivity index (χ3v) is 3.41. The Balaban J connectivity index is 2.47. The molecule has 0 fully saturated rings. The minimum atomic E-state index is -1.32. The summed E-state index contributed by atoms with van der Waals surface area (Å²) in [5.41, 5.74) is 0.0385. The van der Waals surface area contributed by atoms with Gasteiger partial charge in [0.25, 0.3) is 0 Å². The second-order valence-electron chi connectivity index (χ2n) is 4.45. The highest BCUT2D eigenvalue weighted by molar-refractivity contribution is 5.78. The van der Waals surface area contributed by atoms with Gasteiger partial charge >= 0.3 is 0 Å². The molecule has 0 heterocycles. The third kappa shape index (κ3) is 2.32. The molecular formula is C15H16O4. The van der Waals surface area contributed by atoms with E-state index < -0.39 is 12.2 Å². The van der Waals surface area contributed by atoms with E-state index in [1.807, 2.05) is 30.3 Å². The van der Waals surface area contributed by atoms with E-state index in [0.717, 1.165) is 11.8 Å². The highest BCUT2D eigenvalue weighted by Gasteiger charge is 2.37. The van der Waals surface area contributed by atoms with Crippen LogP contribution in [0.1, 0.15) is 11.5 Å². The molecule has 1 aromatic carbocycles. The first kappa shape index (κ1) is 13.5. The number of carbonyl (C=O) groups excluding carboxylic acids is 1. The standard InChI is InChI=1S/C15H16O4/c1-19-15(10-17)8-12(9-16)13(7-14(15)18)11-5-3-2-4-6-11/h2-9,13,17-18H,10H2,1H3. The van der Waals surface area contributed by atoms with Crippen molar-refractivity contribution in [2.24, 2.45) is 0 Å². The maximum Gasteiger partial charge on any atom is 0.166 e. The Morgan fingerprint density at radius 2 is 2.05 bits per heavy atom. The van der Waals surface area contributed by atoms with Crippen LogP contribution in [0.3, 0.4) is 0 Å². The van der Waals surface area contributed by atoms with Crippen LogP contribution in [0.2, 0.25) is 0 Å². The smallest absolute Gasteiger partial charge is 0.166 e. The van der Waals surface area contributed by atoms with Crippen molar-refractivity contribution in [2.45, 2.75) is 11.5 Å². The number of aliphatic hydroxyl groups is 2. The van der Waals surface area contributed by atoms with Crippen LogP contribution in [0.5, 0.6) is 0 Å². The van der Waals surface area contributed by atoms with Crippen LogP contribution in [-0.2, 0) is 9.53 Å². The first-order chi connectivity index (χ1) is 9.16. The van der Waals surface area contributed by atoms with Crippen molar-refractivity contribution in [3.63, 3.8) is 0 Å². The lowest BCUT2D eigenvalue weighted by Gasteiger charge is -2.32. The summed E-state index contributed by atoms with van der Waals surface area (Å²) in [6.07, 6.45) is 3.75. The van der Waals surface area contributed by atoms with Crippen LogP contribution in [0.4, 0.5) is 0 Å². The van der Waals surface area contributed by atoms with E-state index in [9.17, 15) is 15.0 Å². The quantitative estimate of drug-likeness (QED) is 0.809. The van der Waals surface area contributed by atoms with Gasteiger partial charge in [-0.2, -0.15) is 0 Å². The van der Waals surface area contributed by atoms with Gasteiger partial charge in [-0.3, -0.25) is 4.79 Å². The Morgan fingerprint density at radius 3 is 2.58 bits per heavy atom. The Kier molecular flexibility index (Phi) is 3.83. The Morgan fingerprint density at radius 1 is 1.37 bits per heavy atom. The minimum Gasteiger partial charge on any atom is -0.509 e. The van der Waals surface area contributed by atoms with E-state index in [0.29, 0.717) is 5.57 Å². The van der Waals surface area contributed by atoms with Crippen LogP contribution in [0, 0.1) is 0 Å². The van der Waals surface area contributed by atoms with Gasteiger partial charge in [0.2, 0.25) is 0 Å². The zero-order valence-corrected chi connectivity index (χ0v) is 10.6. The second kappa shape index (κ2) is 5.38. The molecule has 2 rings (SSSR count). The summed E-state index contributed by atoms with van der Waals surface area (Å²) < 4.78 is 5.15. The van der Waals surface area contributed by atoms with Crippen molar-refractivity contribution in [2.75, 3.05) is 13.7 Å². The van der Waals surface area contributed by atoms with Crippen LogP contribution in [-0.4, -0.2) is 35.8 Å². The van der Waals surface area contributed by atoms with Crippen LogP contribution in [0.25, 0.3) is 0 Å². The molecule has 1 aromatic rings. The van der Waals surface area contributed by atoms with Crippen LogP contribution < -0.4 is 0 Å². The highest BCUT2D eigenvalue weighted by Crippen LogP contribution is 2.36. The molecule has 100 valence electrons. The number of allylic oxidation sites excluding steroid dienone is 2. The topological polar surface area (TPSA) is 66.8 Å². The van der Waals surface area contributed by atoms with Crippen LogP contribution >= 0.6 is 0 Å². The number of aldehydes is 1. The van der Waals surface area contributed by atoms with Gasteiger partial charge in [0.05, 0.1) is 6.61 Å². The van der Waals surface area contributed by atoms with Crippen molar-refractivity contribution in [3.8, 4) is 0 Å². The van der Waals surface area contributed by atoms with E-state index in [2.05, 4.69) is 0 Å². The number of hydrogen-bond donors (Lipinski definition) is 2. The van der Waals surface area contributed by atoms with Crippen molar-refractivity contribution in [1.29, 1.82) is 0 Å². The molecule has 0 radical (unpaired) electrons. The van der Waals surface area contributed by atoms with Gasteiger partial charge in [0, 0.05) is 18.6 Å². The first-order valence-electron chi connectivity index (χ1n) is 5.97. The Labute approximate surface area is 111 Å². The van der Waals surface area contributed by atoms with E-state index in [1.165, 1.54) is 13.2 Å². The van der Waals surface area contributed by atoms with E-state index in [1.54, 1.807) is 6.08 Å². The fourth-order valence-electron chi connectivity index (χ4n) is 2.24. The fourth-order valence-corrected chi connectivity index (χ4v) is 2.24. The summed E-state index contributed by atoms with van der Waals surface area (Å²) in [6, 6.07) is 9.38. The maximum absolute atomic E-state index is 11.3. The minimum absolute atomic E-state index is 0.0862. The summed E-state index contributed by atoms with van der Waals surface area (Å²) in [6.45, 7) is -0.426. The number of methoxy groups -OCH3 is 1. The van der Waals surface area contributed by atoms with Crippen molar-refractivity contribution in [1.82, 2.24) is 0 Å². The van der Waals surface area contributed by atoms with Gasteiger partial charge in [0.1, 0.15) is 12.0 Å². The van der Waals surface area contributed by atoms with Crippen LogP contribution in [0.15, 0.2) is 53.8 Å². The summed E-state index contributed by atoms with van der Waals surface area (Å²) in [4.78, 5) is 11.3. The number of hydrogen-bond acceptors (Lipinski definition) is 4. The molecule has 0 saturated carbocycles. The zero-order chi connectivity index (χ0) is 13.9. The third-order valence-electron chi connectivity index (χ3n) is 3.41. The molecule has 0 saturated heterocycles. The average molecular weight is 260 g/mol. The van der Waals surface area contributed by atoms with Gasteiger partial charge < -0.3 is 14.9 Å². The first-order valence-corrected chi connectivity index (χ1v) is 5.97. The predicted molar refractivity (Wildman–Crippen MR) is 70.9 cm³/mol. The predicted octanol–water partition coefficient (Wildman–Crippen LogP) is 1.73. The van der Waals surface area contributed by atoms with Gasteiger partial charge in [-0.25, -0.2) is 0 Å².